The van der Waals surface area contributed by atoms with Crippen molar-refractivity contribution >= 4 is 23.5 Å². The molecule has 12 heteroatoms. The van der Waals surface area contributed by atoms with E-state index < -0.39 is 35.5 Å². The van der Waals surface area contributed by atoms with E-state index in [-0.39, 0.29) is 30.2 Å². The molecule has 12 nitrogen and oxygen atoms in total. The van der Waals surface area contributed by atoms with E-state index in [1.165, 1.54) is 10.6 Å². The number of morpholine rings is 1. The summed E-state index contributed by atoms with van der Waals surface area (Å²) in [7, 11) is 1.60. The van der Waals surface area contributed by atoms with Gasteiger partial charge in [0, 0.05) is 38.8 Å². The third-order valence-corrected chi connectivity index (χ3v) is 7.79. The minimum absolute atomic E-state index is 0.0809. The van der Waals surface area contributed by atoms with Crippen molar-refractivity contribution in [1.82, 2.24) is 25.4 Å². The third kappa shape index (κ3) is 8.57. The number of hydrogen-bond acceptors (Lipinski definition) is 8. The van der Waals surface area contributed by atoms with Gasteiger partial charge in [0.25, 0.3) is 0 Å². The van der Waals surface area contributed by atoms with E-state index in [0.717, 1.165) is 24.8 Å². The summed E-state index contributed by atoms with van der Waals surface area (Å²) < 4.78 is 12.1. The molecule has 0 radical (unpaired) electrons. The minimum atomic E-state index is -1.06. The quantitative estimate of drug-likeness (QED) is 0.214. The predicted octanol–water partition coefficient (Wildman–Crippen LogP) is -0.407. The van der Waals surface area contributed by atoms with Crippen LogP contribution in [-0.4, -0.2) is 96.2 Å². The zero-order valence-electron chi connectivity index (χ0n) is 24.1. The van der Waals surface area contributed by atoms with Gasteiger partial charge in [-0.25, -0.2) is 0 Å². The molecule has 1 aromatic heterocycles. The second kappa shape index (κ2) is 13.5. The number of carbonyl (C=O) groups is 4. The van der Waals surface area contributed by atoms with Crippen LogP contribution >= 0.6 is 0 Å². The number of aryl methyl sites for hydroxylation is 1. The van der Waals surface area contributed by atoms with Crippen LogP contribution in [0.3, 0.4) is 0 Å². The Hall–Kier alpha value is -3.35. The zero-order valence-corrected chi connectivity index (χ0v) is 24.1. The van der Waals surface area contributed by atoms with E-state index in [2.05, 4.69) is 22.0 Å². The third-order valence-electron chi connectivity index (χ3n) is 7.79. The highest BCUT2D eigenvalue weighted by molar-refractivity contribution is 5.98. The molecule has 2 aliphatic heterocycles. The average molecular weight is 572 g/mol. The van der Waals surface area contributed by atoms with E-state index in [4.69, 9.17) is 9.47 Å². The zero-order chi connectivity index (χ0) is 29.6. The molecule has 1 aromatic rings. The van der Waals surface area contributed by atoms with E-state index >= 15 is 0 Å². The van der Waals surface area contributed by atoms with Crippen LogP contribution in [0.5, 0.6) is 0 Å². The van der Waals surface area contributed by atoms with Gasteiger partial charge >= 0.3 is 0 Å². The van der Waals surface area contributed by atoms with Crippen LogP contribution < -0.4 is 21.5 Å². The predicted molar refractivity (Wildman–Crippen MR) is 150 cm³/mol. The summed E-state index contributed by atoms with van der Waals surface area (Å²) in [6.45, 7) is 6.09. The summed E-state index contributed by atoms with van der Waals surface area (Å²) in [6.07, 6.45) is 7.00. The fourth-order valence-corrected chi connectivity index (χ4v) is 5.11. The molecule has 4 rings (SSSR count). The van der Waals surface area contributed by atoms with E-state index in [9.17, 15) is 24.0 Å². The van der Waals surface area contributed by atoms with Crippen molar-refractivity contribution in [2.24, 2.45) is 7.05 Å². The first-order valence-corrected chi connectivity index (χ1v) is 14.3. The highest BCUT2D eigenvalue weighted by Gasteiger charge is 2.50. The highest BCUT2D eigenvalue weighted by atomic mass is 16.6. The molecule has 2 fully saturated rings. The van der Waals surface area contributed by atoms with Gasteiger partial charge in [0.2, 0.25) is 23.3 Å². The number of ether oxygens (including phenoxy) is 2. The van der Waals surface area contributed by atoms with Gasteiger partial charge in [0.1, 0.15) is 17.7 Å². The van der Waals surface area contributed by atoms with E-state index in [1.54, 1.807) is 33.2 Å². The topological polar surface area (TPSA) is 151 Å². The molecule has 0 bridgehead atoms. The van der Waals surface area contributed by atoms with Crippen LogP contribution in [-0.2, 0) is 42.1 Å². The maximum Gasteiger partial charge on any atom is 0.250 e. The molecular weight excluding hydrogens is 530 g/mol. The summed E-state index contributed by atoms with van der Waals surface area (Å²) in [5.41, 5.74) is 0.634. The van der Waals surface area contributed by atoms with Gasteiger partial charge in [-0.3, -0.25) is 28.9 Å². The Bertz CT molecular complexity index is 1230. The van der Waals surface area contributed by atoms with Crippen molar-refractivity contribution in [1.29, 1.82) is 0 Å². The van der Waals surface area contributed by atoms with Crippen molar-refractivity contribution in [2.45, 2.75) is 69.7 Å². The average Bonchev–Trinajstić information content (AvgIpc) is 3.48. The van der Waals surface area contributed by atoms with Gasteiger partial charge in [-0.2, -0.15) is 0 Å². The lowest BCUT2D eigenvalue weighted by Gasteiger charge is -2.27. The number of ketones is 1. The Kier molecular flexibility index (Phi) is 10.1. The van der Waals surface area contributed by atoms with E-state index in [0.29, 0.717) is 44.9 Å². The Labute approximate surface area is 239 Å². The lowest BCUT2D eigenvalue weighted by Crippen LogP contribution is -2.57. The number of epoxide rings is 1. The van der Waals surface area contributed by atoms with Crippen LogP contribution in [0.1, 0.15) is 45.1 Å². The van der Waals surface area contributed by atoms with Crippen molar-refractivity contribution < 1.29 is 28.7 Å². The van der Waals surface area contributed by atoms with Crippen LogP contribution in [0.25, 0.3) is 0 Å². The number of pyridine rings is 1. The lowest BCUT2D eigenvalue weighted by molar-refractivity contribution is -0.134. The number of rotatable bonds is 13. The number of nitrogens with zero attached hydrogens (tertiary/aromatic N) is 2. The molecule has 2 saturated heterocycles. The fourth-order valence-electron chi connectivity index (χ4n) is 5.11. The summed E-state index contributed by atoms with van der Waals surface area (Å²) in [4.78, 5) is 66.5. The Morgan fingerprint density at radius 2 is 1.73 bits per heavy atom. The molecule has 3 heterocycles. The Balaban J connectivity index is 1.46. The van der Waals surface area contributed by atoms with Gasteiger partial charge in [0.05, 0.1) is 32.4 Å². The second-order valence-corrected chi connectivity index (χ2v) is 11.3. The highest BCUT2D eigenvalue weighted by Crippen LogP contribution is 2.31. The molecule has 3 amide bonds. The standard InChI is InChI=1S/C29H41N5O7/c1-19(30-24(35)17-34-10-12-40-13-11-34)27(38)32-23(15-21-8-9-25(36)33(3)16-21)28(39)31-22(14-20-6-4-5-7-20)26(37)29(2)18-41-29/h6,8-9,16,19,22-23H,4-5,7,10-15,17-18H2,1-3H3,(H,30,35)(H,31,39)(H,32,38). The number of carbonyl (C=O) groups excluding carboxylic acids is 4. The number of nitrogens with one attached hydrogen (secondary N) is 3. The molecule has 224 valence electrons. The van der Waals surface area contributed by atoms with Crippen LogP contribution in [0.15, 0.2) is 34.8 Å². The summed E-state index contributed by atoms with van der Waals surface area (Å²) in [6, 6.07) is 0.237. The number of allylic oxidation sites excluding steroid dienone is 1. The normalized spacial score (nSPS) is 22.7. The molecule has 1 aliphatic carbocycles. The van der Waals surface area contributed by atoms with Crippen LogP contribution in [0, 0.1) is 0 Å². The monoisotopic (exact) mass is 571 g/mol. The smallest absolute Gasteiger partial charge is 0.250 e. The second-order valence-electron chi connectivity index (χ2n) is 11.3. The molecule has 3 aliphatic rings. The minimum Gasteiger partial charge on any atom is -0.379 e. The number of amides is 3. The Morgan fingerprint density at radius 1 is 1.02 bits per heavy atom. The molecule has 0 aromatic carbocycles. The first-order chi connectivity index (χ1) is 19.5. The van der Waals surface area contributed by atoms with Crippen molar-refractivity contribution in [3.05, 3.63) is 45.9 Å². The molecule has 0 spiro atoms. The molecule has 4 unspecified atom stereocenters. The van der Waals surface area contributed by atoms with Crippen LogP contribution in [0.2, 0.25) is 0 Å². The van der Waals surface area contributed by atoms with Crippen LogP contribution in [0.4, 0.5) is 0 Å². The summed E-state index contributed by atoms with van der Waals surface area (Å²) in [5.74, 6) is -1.57. The first-order valence-electron chi connectivity index (χ1n) is 14.3. The Morgan fingerprint density at radius 3 is 2.37 bits per heavy atom. The number of hydrogen-bond donors (Lipinski definition) is 3. The van der Waals surface area contributed by atoms with Gasteiger partial charge in [-0.15, -0.1) is 0 Å². The maximum atomic E-state index is 13.7. The lowest BCUT2D eigenvalue weighted by atomic mass is 9.94. The molecule has 0 saturated carbocycles. The number of Topliss-reactive ketones (excluding diaryl/α,β-unsaturated/α-hetero) is 1. The van der Waals surface area contributed by atoms with Gasteiger partial charge in [-0.05, 0) is 45.1 Å². The molecule has 41 heavy (non-hydrogen) atoms. The number of aromatic nitrogens is 1. The van der Waals surface area contributed by atoms with Crippen molar-refractivity contribution in [3.63, 3.8) is 0 Å². The largest absolute Gasteiger partial charge is 0.379 e. The molecule has 3 N–H and O–H groups in total. The molecular formula is C29H41N5O7. The summed E-state index contributed by atoms with van der Waals surface area (Å²) >= 11 is 0. The van der Waals surface area contributed by atoms with Crippen molar-refractivity contribution in [3.8, 4) is 0 Å². The summed E-state index contributed by atoms with van der Waals surface area (Å²) in [5, 5.41) is 8.33. The van der Waals surface area contributed by atoms with Gasteiger partial charge in [0.15, 0.2) is 5.78 Å². The van der Waals surface area contributed by atoms with E-state index in [1.807, 2.05) is 4.90 Å². The molecule has 4 atom stereocenters. The van der Waals surface area contributed by atoms with Gasteiger partial charge < -0.3 is 30.0 Å². The van der Waals surface area contributed by atoms with Gasteiger partial charge in [-0.1, -0.05) is 17.7 Å². The maximum absolute atomic E-state index is 13.7. The first kappa shape index (κ1) is 30.6. The van der Waals surface area contributed by atoms with Crippen molar-refractivity contribution in [2.75, 3.05) is 39.5 Å². The SMILES string of the molecule is CC(NC(=O)CN1CCOCC1)C(=O)NC(Cc1ccc(=O)n(C)c1)C(=O)NC(CC1=CCCC1)C(=O)C1(C)CO1. The fraction of sp³-hybridized carbons (Fsp3) is 0.621.